The Kier molecular flexibility index (Phi) is 4.60. The van der Waals surface area contributed by atoms with Crippen molar-refractivity contribution < 1.29 is 9.59 Å². The van der Waals surface area contributed by atoms with Gasteiger partial charge in [0.05, 0.1) is 10.6 Å². The lowest BCUT2D eigenvalue weighted by atomic mass is 10.0. The molecule has 0 atom stereocenters. The Hall–Kier alpha value is -1.62. The van der Waals surface area contributed by atoms with Crippen LogP contribution in [0.15, 0.2) is 12.3 Å². The summed E-state index contributed by atoms with van der Waals surface area (Å²) in [6.45, 7) is 4.58. The van der Waals surface area contributed by atoms with Gasteiger partial charge in [0.2, 0.25) is 5.91 Å². The highest BCUT2D eigenvalue weighted by molar-refractivity contribution is 6.33. The van der Waals surface area contributed by atoms with Crippen molar-refractivity contribution in [3.8, 4) is 0 Å². The SMILES string of the molecule is CC(=O)NC1CCN(C(=O)c2cnc(C)cc2Cl)CC1. The summed E-state index contributed by atoms with van der Waals surface area (Å²) in [5, 5.41) is 3.32. The van der Waals surface area contributed by atoms with Crippen molar-refractivity contribution in [1.82, 2.24) is 15.2 Å². The van der Waals surface area contributed by atoms with Crippen molar-refractivity contribution in [3.63, 3.8) is 0 Å². The normalized spacial score (nSPS) is 16.1. The molecule has 1 fully saturated rings. The van der Waals surface area contributed by atoms with E-state index >= 15 is 0 Å². The average Bonchev–Trinajstić information content (AvgIpc) is 2.38. The maximum atomic E-state index is 12.4. The van der Waals surface area contributed by atoms with Crippen LogP contribution in [0.4, 0.5) is 0 Å². The van der Waals surface area contributed by atoms with Crippen LogP contribution in [-0.4, -0.2) is 40.8 Å². The molecule has 0 aliphatic carbocycles. The van der Waals surface area contributed by atoms with Gasteiger partial charge >= 0.3 is 0 Å². The van der Waals surface area contributed by atoms with Crippen molar-refractivity contribution in [2.75, 3.05) is 13.1 Å². The van der Waals surface area contributed by atoms with E-state index < -0.39 is 0 Å². The maximum Gasteiger partial charge on any atom is 0.256 e. The molecule has 0 radical (unpaired) electrons. The van der Waals surface area contributed by atoms with Crippen molar-refractivity contribution in [1.29, 1.82) is 0 Å². The number of halogens is 1. The van der Waals surface area contributed by atoms with E-state index in [1.165, 1.54) is 13.1 Å². The van der Waals surface area contributed by atoms with E-state index in [-0.39, 0.29) is 17.9 Å². The van der Waals surface area contributed by atoms with Gasteiger partial charge in [-0.3, -0.25) is 14.6 Å². The maximum absolute atomic E-state index is 12.4. The Morgan fingerprint density at radius 1 is 1.40 bits per heavy atom. The highest BCUT2D eigenvalue weighted by atomic mass is 35.5. The monoisotopic (exact) mass is 295 g/mol. The van der Waals surface area contributed by atoms with Gasteiger partial charge in [0, 0.05) is 37.9 Å². The lowest BCUT2D eigenvalue weighted by Crippen LogP contribution is -2.46. The van der Waals surface area contributed by atoms with E-state index in [9.17, 15) is 9.59 Å². The Balaban J connectivity index is 1.99. The summed E-state index contributed by atoms with van der Waals surface area (Å²) in [6.07, 6.45) is 3.06. The summed E-state index contributed by atoms with van der Waals surface area (Å²) in [5.74, 6) is -0.121. The van der Waals surface area contributed by atoms with Gasteiger partial charge < -0.3 is 10.2 Å². The zero-order chi connectivity index (χ0) is 14.7. The fraction of sp³-hybridized carbons (Fsp3) is 0.500. The number of hydrogen-bond donors (Lipinski definition) is 1. The number of nitrogens with one attached hydrogen (secondary N) is 1. The molecule has 1 aliphatic heterocycles. The number of nitrogens with zero attached hydrogens (tertiary/aromatic N) is 2. The number of carbonyl (C=O) groups excluding carboxylic acids is 2. The summed E-state index contributed by atoms with van der Waals surface area (Å²) in [5.41, 5.74) is 1.23. The first-order chi connectivity index (χ1) is 9.47. The Bertz CT molecular complexity index is 525. The summed E-state index contributed by atoms with van der Waals surface area (Å²) >= 11 is 6.10. The van der Waals surface area contributed by atoms with Crippen LogP contribution in [0.2, 0.25) is 5.02 Å². The van der Waals surface area contributed by atoms with Gasteiger partial charge in [-0.2, -0.15) is 0 Å². The molecule has 2 heterocycles. The van der Waals surface area contributed by atoms with Crippen LogP contribution in [0.3, 0.4) is 0 Å². The first-order valence-corrected chi connectivity index (χ1v) is 7.03. The highest BCUT2D eigenvalue weighted by Crippen LogP contribution is 2.20. The van der Waals surface area contributed by atoms with E-state index in [0.717, 1.165) is 18.5 Å². The third-order valence-electron chi connectivity index (χ3n) is 3.41. The van der Waals surface area contributed by atoms with Crippen LogP contribution >= 0.6 is 11.6 Å². The zero-order valence-electron chi connectivity index (χ0n) is 11.6. The minimum absolute atomic E-state index is 0.0273. The molecule has 0 spiro atoms. The summed E-state index contributed by atoms with van der Waals surface area (Å²) in [4.78, 5) is 29.3. The molecule has 2 amide bonds. The Morgan fingerprint density at radius 3 is 2.60 bits per heavy atom. The number of aromatic nitrogens is 1. The molecule has 1 saturated heterocycles. The molecule has 0 aromatic carbocycles. The molecule has 0 bridgehead atoms. The average molecular weight is 296 g/mol. The van der Waals surface area contributed by atoms with Gasteiger partial charge in [0.25, 0.3) is 5.91 Å². The van der Waals surface area contributed by atoms with E-state index in [0.29, 0.717) is 23.7 Å². The number of carbonyl (C=O) groups is 2. The molecule has 5 nitrogen and oxygen atoms in total. The van der Waals surface area contributed by atoms with Crippen molar-refractivity contribution in [2.24, 2.45) is 0 Å². The number of pyridine rings is 1. The van der Waals surface area contributed by atoms with Crippen LogP contribution in [0, 0.1) is 6.92 Å². The van der Waals surface area contributed by atoms with Crippen molar-refractivity contribution in [3.05, 3.63) is 28.5 Å². The van der Waals surface area contributed by atoms with Gasteiger partial charge in [0.1, 0.15) is 0 Å². The predicted octanol–water partition coefficient (Wildman–Crippen LogP) is 1.78. The molecular formula is C14H18ClN3O2. The van der Waals surface area contributed by atoms with Crippen LogP contribution < -0.4 is 5.32 Å². The van der Waals surface area contributed by atoms with Gasteiger partial charge in [-0.15, -0.1) is 0 Å². The second-order valence-electron chi connectivity index (χ2n) is 5.07. The standard InChI is InChI=1S/C14H18ClN3O2/c1-9-7-13(15)12(8-16-9)14(20)18-5-3-11(4-6-18)17-10(2)19/h7-8,11H,3-6H2,1-2H3,(H,17,19). The van der Waals surface area contributed by atoms with E-state index in [1.54, 1.807) is 11.0 Å². The molecule has 0 unspecified atom stereocenters. The summed E-state index contributed by atoms with van der Waals surface area (Å²) in [6, 6.07) is 1.85. The highest BCUT2D eigenvalue weighted by Gasteiger charge is 2.25. The molecule has 20 heavy (non-hydrogen) atoms. The number of likely N-dealkylation sites (tertiary alicyclic amines) is 1. The first kappa shape index (κ1) is 14.8. The van der Waals surface area contributed by atoms with E-state index in [4.69, 9.17) is 11.6 Å². The first-order valence-electron chi connectivity index (χ1n) is 6.66. The van der Waals surface area contributed by atoms with Gasteiger partial charge in [0.15, 0.2) is 0 Å². The third kappa shape index (κ3) is 3.48. The Morgan fingerprint density at radius 2 is 2.05 bits per heavy atom. The smallest absolute Gasteiger partial charge is 0.256 e. The molecule has 6 heteroatoms. The number of aryl methyl sites for hydroxylation is 1. The van der Waals surface area contributed by atoms with Crippen molar-refractivity contribution in [2.45, 2.75) is 32.7 Å². The van der Waals surface area contributed by atoms with Crippen LogP contribution in [0.5, 0.6) is 0 Å². The third-order valence-corrected chi connectivity index (χ3v) is 3.72. The molecule has 2 rings (SSSR count). The number of rotatable bonds is 2. The molecule has 1 aromatic rings. The molecule has 1 aromatic heterocycles. The number of piperidine rings is 1. The van der Waals surface area contributed by atoms with Gasteiger partial charge in [-0.1, -0.05) is 11.6 Å². The molecule has 1 N–H and O–H groups in total. The van der Waals surface area contributed by atoms with Crippen LogP contribution in [0.25, 0.3) is 0 Å². The Labute approximate surface area is 123 Å². The number of amides is 2. The molecular weight excluding hydrogens is 278 g/mol. The van der Waals surface area contributed by atoms with Gasteiger partial charge in [-0.05, 0) is 25.8 Å². The second kappa shape index (κ2) is 6.22. The quantitative estimate of drug-likeness (QED) is 0.905. The van der Waals surface area contributed by atoms with Crippen molar-refractivity contribution >= 4 is 23.4 Å². The topological polar surface area (TPSA) is 62.3 Å². The van der Waals surface area contributed by atoms with Gasteiger partial charge in [-0.25, -0.2) is 0 Å². The largest absolute Gasteiger partial charge is 0.353 e. The predicted molar refractivity (Wildman–Crippen MR) is 76.7 cm³/mol. The molecule has 0 saturated carbocycles. The van der Waals surface area contributed by atoms with Crippen LogP contribution in [0.1, 0.15) is 35.8 Å². The number of hydrogen-bond acceptors (Lipinski definition) is 3. The minimum Gasteiger partial charge on any atom is -0.353 e. The van der Waals surface area contributed by atoms with Crippen LogP contribution in [-0.2, 0) is 4.79 Å². The minimum atomic E-state index is -0.0937. The fourth-order valence-electron chi connectivity index (χ4n) is 2.37. The fourth-order valence-corrected chi connectivity index (χ4v) is 2.66. The lowest BCUT2D eigenvalue weighted by molar-refractivity contribution is -0.119. The molecule has 1 aliphatic rings. The second-order valence-corrected chi connectivity index (χ2v) is 5.48. The summed E-state index contributed by atoms with van der Waals surface area (Å²) < 4.78 is 0. The van der Waals surface area contributed by atoms with E-state index in [2.05, 4.69) is 10.3 Å². The zero-order valence-corrected chi connectivity index (χ0v) is 12.4. The lowest BCUT2D eigenvalue weighted by Gasteiger charge is -2.32. The molecule has 108 valence electrons. The summed E-state index contributed by atoms with van der Waals surface area (Å²) in [7, 11) is 0. The van der Waals surface area contributed by atoms with E-state index in [1.807, 2.05) is 6.92 Å².